The molecule has 34 heavy (non-hydrogen) atoms. The number of benzene rings is 4. The summed E-state index contributed by atoms with van der Waals surface area (Å²) in [4.78, 5) is 27.2. The van der Waals surface area contributed by atoms with Crippen LogP contribution in [0.3, 0.4) is 0 Å². The number of anilines is 2. The second kappa shape index (κ2) is 10.5. The number of ether oxygens (including phenoxy) is 1. The summed E-state index contributed by atoms with van der Waals surface area (Å²) in [5, 5.41) is 7.71. The highest BCUT2D eigenvalue weighted by molar-refractivity contribution is 6.02. The van der Waals surface area contributed by atoms with Gasteiger partial charge in [0.05, 0.1) is 7.11 Å². The van der Waals surface area contributed by atoms with Gasteiger partial charge >= 0.3 is 6.03 Å². The molecular weight excluding hydrogens is 433 g/mol. The monoisotopic (exact) mass is 457 g/mol. The van der Waals surface area contributed by atoms with Gasteiger partial charge in [-0.2, -0.15) is 0 Å². The van der Waals surface area contributed by atoms with Gasteiger partial charge in [-0.1, -0.05) is 30.3 Å². The minimum Gasteiger partial charge on any atom is -0.497 e. The molecule has 0 aliphatic carbocycles. The predicted octanol–water partition coefficient (Wildman–Crippen LogP) is 5.46. The van der Waals surface area contributed by atoms with E-state index in [1.54, 1.807) is 37.4 Å². The van der Waals surface area contributed by atoms with Crippen molar-refractivity contribution in [3.05, 3.63) is 102 Å². The lowest BCUT2D eigenvalue weighted by atomic mass is 10.1. The van der Waals surface area contributed by atoms with E-state index >= 15 is 0 Å². The standard InChI is InChI=1S/C27H24FN3O3/c1-34-25-14-10-23(11-15-25)30-27(33)31(24-12-8-22(28)9-13-24)17-16-29-26(32)21-7-6-19-4-2-3-5-20(19)18-21/h2-15,18H,16-17H2,1H3,(H,29,32)(H,30,33). The third-order valence-electron chi connectivity index (χ3n) is 5.36. The Balaban J connectivity index is 1.44. The highest BCUT2D eigenvalue weighted by atomic mass is 19.1. The van der Waals surface area contributed by atoms with Crippen molar-refractivity contribution >= 4 is 34.1 Å². The van der Waals surface area contributed by atoms with Gasteiger partial charge < -0.3 is 15.4 Å². The number of carbonyl (C=O) groups excluding carboxylic acids is 2. The Hall–Kier alpha value is -4.39. The second-order valence-electron chi connectivity index (χ2n) is 7.60. The van der Waals surface area contributed by atoms with Crippen molar-refractivity contribution < 1.29 is 18.7 Å². The maximum absolute atomic E-state index is 13.4. The van der Waals surface area contributed by atoms with Gasteiger partial charge in [-0.25, -0.2) is 9.18 Å². The second-order valence-corrected chi connectivity index (χ2v) is 7.60. The zero-order chi connectivity index (χ0) is 23.9. The third-order valence-corrected chi connectivity index (χ3v) is 5.36. The Morgan fingerprint density at radius 2 is 1.59 bits per heavy atom. The highest BCUT2D eigenvalue weighted by Crippen LogP contribution is 2.19. The molecule has 0 heterocycles. The minimum atomic E-state index is -0.406. The zero-order valence-corrected chi connectivity index (χ0v) is 18.6. The maximum atomic E-state index is 13.4. The first-order chi connectivity index (χ1) is 16.5. The third kappa shape index (κ3) is 5.50. The molecule has 4 aromatic carbocycles. The van der Waals surface area contributed by atoms with Gasteiger partial charge in [0, 0.05) is 30.0 Å². The normalized spacial score (nSPS) is 10.5. The Kier molecular flexibility index (Phi) is 7.03. The molecule has 7 heteroatoms. The number of methoxy groups -OCH3 is 1. The molecule has 0 unspecified atom stereocenters. The van der Waals surface area contributed by atoms with Crippen molar-refractivity contribution in [2.75, 3.05) is 30.4 Å². The number of halogens is 1. The summed E-state index contributed by atoms with van der Waals surface area (Å²) in [6.07, 6.45) is 0. The Morgan fingerprint density at radius 3 is 2.29 bits per heavy atom. The molecule has 4 aromatic rings. The van der Waals surface area contributed by atoms with E-state index in [9.17, 15) is 14.0 Å². The van der Waals surface area contributed by atoms with Crippen LogP contribution in [0.4, 0.5) is 20.6 Å². The van der Waals surface area contributed by atoms with E-state index in [0.717, 1.165) is 10.8 Å². The summed E-state index contributed by atoms with van der Waals surface area (Å²) < 4.78 is 18.6. The highest BCUT2D eigenvalue weighted by Gasteiger charge is 2.17. The largest absolute Gasteiger partial charge is 0.497 e. The molecule has 0 saturated carbocycles. The fraction of sp³-hybridized carbons (Fsp3) is 0.111. The van der Waals surface area contributed by atoms with Gasteiger partial charge in [0.1, 0.15) is 11.6 Å². The van der Waals surface area contributed by atoms with E-state index in [1.165, 1.54) is 29.2 Å². The molecule has 0 spiro atoms. The smallest absolute Gasteiger partial charge is 0.326 e. The summed E-state index contributed by atoms with van der Waals surface area (Å²) >= 11 is 0. The summed E-state index contributed by atoms with van der Waals surface area (Å²) in [5.41, 5.74) is 1.63. The molecule has 0 fully saturated rings. The summed E-state index contributed by atoms with van der Waals surface area (Å²) in [6, 6.07) is 25.4. The lowest BCUT2D eigenvalue weighted by Gasteiger charge is -2.23. The van der Waals surface area contributed by atoms with Crippen LogP contribution >= 0.6 is 0 Å². The minimum absolute atomic E-state index is 0.187. The fourth-order valence-electron chi connectivity index (χ4n) is 3.55. The number of urea groups is 1. The summed E-state index contributed by atoms with van der Waals surface area (Å²) in [6.45, 7) is 0.395. The van der Waals surface area contributed by atoms with Gasteiger partial charge in [0.25, 0.3) is 5.91 Å². The van der Waals surface area contributed by atoms with Crippen molar-refractivity contribution in [2.24, 2.45) is 0 Å². The zero-order valence-electron chi connectivity index (χ0n) is 18.6. The molecule has 0 aliphatic heterocycles. The van der Waals surface area contributed by atoms with Crippen molar-refractivity contribution in [3.8, 4) is 5.75 Å². The van der Waals surface area contributed by atoms with Gasteiger partial charge in [-0.05, 0) is 71.4 Å². The van der Waals surface area contributed by atoms with Crippen LogP contribution in [0.25, 0.3) is 10.8 Å². The molecular formula is C27H24FN3O3. The van der Waals surface area contributed by atoms with Crippen molar-refractivity contribution in [2.45, 2.75) is 0 Å². The Morgan fingerprint density at radius 1 is 0.882 bits per heavy atom. The number of rotatable bonds is 7. The van der Waals surface area contributed by atoms with Crippen LogP contribution in [0.5, 0.6) is 5.75 Å². The van der Waals surface area contributed by atoms with E-state index in [-0.39, 0.29) is 19.0 Å². The SMILES string of the molecule is COc1ccc(NC(=O)N(CCNC(=O)c2ccc3ccccc3c2)c2ccc(F)cc2)cc1. The van der Waals surface area contributed by atoms with Gasteiger partial charge in [-0.15, -0.1) is 0 Å². The van der Waals surface area contributed by atoms with Crippen LogP contribution in [-0.2, 0) is 0 Å². The van der Waals surface area contributed by atoms with E-state index in [4.69, 9.17) is 4.74 Å². The van der Waals surface area contributed by atoms with Gasteiger partial charge in [0.15, 0.2) is 0 Å². The molecule has 172 valence electrons. The number of hydrogen-bond acceptors (Lipinski definition) is 3. The maximum Gasteiger partial charge on any atom is 0.326 e. The lowest BCUT2D eigenvalue weighted by molar-refractivity contribution is 0.0954. The van der Waals surface area contributed by atoms with E-state index < -0.39 is 11.8 Å². The molecule has 0 aliphatic rings. The van der Waals surface area contributed by atoms with Crippen LogP contribution in [0, 0.1) is 5.82 Å². The number of amides is 3. The quantitative estimate of drug-likeness (QED) is 0.387. The molecule has 3 amide bonds. The van der Waals surface area contributed by atoms with Crippen molar-refractivity contribution in [1.29, 1.82) is 0 Å². The van der Waals surface area contributed by atoms with Crippen LogP contribution in [-0.4, -0.2) is 32.1 Å². The number of hydrogen-bond donors (Lipinski definition) is 2. The average molecular weight is 458 g/mol. The molecule has 0 radical (unpaired) electrons. The Labute approximate surface area is 197 Å². The summed E-state index contributed by atoms with van der Waals surface area (Å²) in [7, 11) is 1.57. The molecule has 4 rings (SSSR count). The fourth-order valence-corrected chi connectivity index (χ4v) is 3.55. The van der Waals surface area contributed by atoms with Crippen molar-refractivity contribution in [1.82, 2.24) is 5.32 Å². The van der Waals surface area contributed by atoms with E-state index in [0.29, 0.717) is 22.7 Å². The van der Waals surface area contributed by atoms with Crippen LogP contribution in [0.2, 0.25) is 0 Å². The molecule has 0 atom stereocenters. The number of carbonyl (C=O) groups is 2. The van der Waals surface area contributed by atoms with Crippen LogP contribution in [0.1, 0.15) is 10.4 Å². The van der Waals surface area contributed by atoms with Gasteiger partial charge in [0.2, 0.25) is 0 Å². The van der Waals surface area contributed by atoms with Gasteiger partial charge in [-0.3, -0.25) is 9.69 Å². The summed E-state index contributed by atoms with van der Waals surface area (Å²) in [5.74, 6) is 0.0361. The van der Waals surface area contributed by atoms with E-state index in [2.05, 4.69) is 10.6 Å². The first-order valence-electron chi connectivity index (χ1n) is 10.8. The molecule has 6 nitrogen and oxygen atoms in total. The van der Waals surface area contributed by atoms with Crippen molar-refractivity contribution in [3.63, 3.8) is 0 Å². The molecule has 2 N–H and O–H groups in total. The average Bonchev–Trinajstić information content (AvgIpc) is 2.87. The van der Waals surface area contributed by atoms with E-state index in [1.807, 2.05) is 36.4 Å². The first kappa shape index (κ1) is 22.8. The number of fused-ring (bicyclic) bond motifs is 1. The topological polar surface area (TPSA) is 70.7 Å². The Bertz CT molecular complexity index is 1290. The molecule has 0 aromatic heterocycles. The first-order valence-corrected chi connectivity index (χ1v) is 10.8. The number of nitrogens with zero attached hydrogens (tertiary/aromatic N) is 1. The van der Waals surface area contributed by atoms with Crippen LogP contribution < -0.4 is 20.3 Å². The molecule has 0 saturated heterocycles. The molecule has 0 bridgehead atoms. The number of nitrogens with one attached hydrogen (secondary N) is 2. The van der Waals surface area contributed by atoms with Crippen LogP contribution in [0.15, 0.2) is 91.0 Å². The lowest BCUT2D eigenvalue weighted by Crippen LogP contribution is -2.41. The predicted molar refractivity (Wildman–Crippen MR) is 132 cm³/mol.